The maximum absolute atomic E-state index is 5.12. The molecule has 0 N–H and O–H groups in total. The molecule has 0 aliphatic heterocycles. The fourth-order valence-electron chi connectivity index (χ4n) is 0.713. The molecule has 0 bridgehead atoms. The highest BCUT2D eigenvalue weighted by Gasteiger charge is 2.01. The van der Waals surface area contributed by atoms with Gasteiger partial charge in [-0.25, -0.2) is 4.98 Å². The zero-order valence-corrected chi connectivity index (χ0v) is 6.66. The van der Waals surface area contributed by atoms with Crippen molar-refractivity contribution in [3.05, 3.63) is 11.9 Å². The van der Waals surface area contributed by atoms with Gasteiger partial charge >= 0.3 is 0 Å². The maximum atomic E-state index is 5.12. The van der Waals surface area contributed by atoms with Gasteiger partial charge in [0.05, 0.1) is 6.20 Å². The first-order valence-electron chi connectivity index (χ1n) is 3.30. The molecule has 0 amide bonds. The van der Waals surface area contributed by atoms with E-state index < -0.39 is 0 Å². The van der Waals surface area contributed by atoms with Crippen LogP contribution in [0.1, 0.15) is 5.69 Å². The second-order valence-electron chi connectivity index (χ2n) is 2.23. The molecular formula is C8H10N2O. The predicted molar refractivity (Wildman–Crippen MR) is 42.3 cm³/mol. The second kappa shape index (κ2) is 3.11. The topological polar surface area (TPSA) is 27.1 Å². The predicted octanol–water partition coefficient (Wildman–Crippen LogP) is 0.741. The van der Waals surface area contributed by atoms with Crippen LogP contribution in [0.2, 0.25) is 0 Å². The molecular weight excluding hydrogens is 140 g/mol. The molecule has 1 heterocycles. The molecule has 0 saturated carbocycles. The molecule has 0 aromatic carbocycles. The lowest BCUT2D eigenvalue weighted by molar-refractivity contribution is 0.327. The molecule has 11 heavy (non-hydrogen) atoms. The number of aromatic nitrogens is 2. The van der Waals surface area contributed by atoms with E-state index in [9.17, 15) is 0 Å². The molecule has 0 spiro atoms. The van der Waals surface area contributed by atoms with Crippen LogP contribution in [0, 0.1) is 19.3 Å². The molecule has 1 aromatic heterocycles. The van der Waals surface area contributed by atoms with Gasteiger partial charge in [0.1, 0.15) is 0 Å². The largest absolute Gasteiger partial charge is 0.452 e. The van der Waals surface area contributed by atoms with Crippen LogP contribution >= 0.6 is 0 Å². The average Bonchev–Trinajstić information content (AvgIpc) is 2.31. The fraction of sp³-hybridized carbons (Fsp3) is 0.375. The Balaban J connectivity index is 2.72. The van der Waals surface area contributed by atoms with Gasteiger partial charge in [-0.15, -0.1) is 6.42 Å². The number of hydrogen-bond donors (Lipinski definition) is 0. The molecule has 0 fully saturated rings. The summed E-state index contributed by atoms with van der Waals surface area (Å²) in [5.74, 6) is 2.38. The SMILES string of the molecule is C#CCOc1ncc(C)n1C. The molecule has 0 aliphatic rings. The Labute approximate surface area is 66.0 Å². The normalized spacial score (nSPS) is 9.18. The fourth-order valence-corrected chi connectivity index (χ4v) is 0.713. The van der Waals surface area contributed by atoms with Crippen molar-refractivity contribution in [1.82, 2.24) is 9.55 Å². The van der Waals surface area contributed by atoms with Gasteiger partial charge < -0.3 is 9.30 Å². The van der Waals surface area contributed by atoms with Crippen LogP contribution in [-0.4, -0.2) is 16.2 Å². The van der Waals surface area contributed by atoms with Crippen molar-refractivity contribution < 1.29 is 4.74 Å². The Hall–Kier alpha value is -1.43. The lowest BCUT2D eigenvalue weighted by Gasteiger charge is -2.01. The minimum Gasteiger partial charge on any atom is -0.452 e. The van der Waals surface area contributed by atoms with E-state index in [4.69, 9.17) is 11.2 Å². The van der Waals surface area contributed by atoms with E-state index in [-0.39, 0.29) is 6.61 Å². The number of nitrogens with zero attached hydrogens (tertiary/aromatic N) is 2. The molecule has 58 valence electrons. The lowest BCUT2D eigenvalue weighted by Crippen LogP contribution is -2.01. The maximum Gasteiger partial charge on any atom is 0.297 e. The van der Waals surface area contributed by atoms with Crippen LogP contribution in [0.4, 0.5) is 0 Å². The third-order valence-corrected chi connectivity index (χ3v) is 1.46. The monoisotopic (exact) mass is 150 g/mol. The van der Waals surface area contributed by atoms with Crippen LogP contribution in [0.5, 0.6) is 6.01 Å². The van der Waals surface area contributed by atoms with Gasteiger partial charge in [0.2, 0.25) is 0 Å². The van der Waals surface area contributed by atoms with Crippen molar-refractivity contribution in [3.8, 4) is 18.4 Å². The van der Waals surface area contributed by atoms with Gasteiger partial charge in [0.15, 0.2) is 6.61 Å². The molecule has 0 saturated heterocycles. The summed E-state index contributed by atoms with van der Waals surface area (Å²) in [4.78, 5) is 4.00. The van der Waals surface area contributed by atoms with Crippen molar-refractivity contribution in [2.45, 2.75) is 6.92 Å². The summed E-state index contributed by atoms with van der Waals surface area (Å²) in [5.41, 5.74) is 1.05. The summed E-state index contributed by atoms with van der Waals surface area (Å²) in [6.45, 7) is 2.22. The number of rotatable bonds is 2. The van der Waals surface area contributed by atoms with Crippen molar-refractivity contribution in [2.24, 2.45) is 7.05 Å². The number of hydrogen-bond acceptors (Lipinski definition) is 2. The Morgan fingerprint density at radius 2 is 2.55 bits per heavy atom. The van der Waals surface area contributed by atoms with Gasteiger partial charge in [0.25, 0.3) is 6.01 Å². The molecule has 3 heteroatoms. The minimum atomic E-state index is 0.268. The highest BCUT2D eigenvalue weighted by molar-refractivity contribution is 5.07. The number of aryl methyl sites for hydroxylation is 1. The van der Waals surface area contributed by atoms with E-state index in [2.05, 4.69) is 10.9 Å². The summed E-state index contributed by atoms with van der Waals surface area (Å²) < 4.78 is 6.97. The first-order valence-corrected chi connectivity index (χ1v) is 3.30. The van der Waals surface area contributed by atoms with Crippen LogP contribution in [0.15, 0.2) is 6.20 Å². The lowest BCUT2D eigenvalue weighted by atomic mass is 10.5. The number of terminal acetylenes is 1. The van der Waals surface area contributed by atoms with Gasteiger partial charge in [-0.2, -0.15) is 0 Å². The van der Waals surface area contributed by atoms with Crippen molar-refractivity contribution in [3.63, 3.8) is 0 Å². The molecule has 0 radical (unpaired) electrons. The zero-order chi connectivity index (χ0) is 8.27. The van der Waals surface area contributed by atoms with Crippen LogP contribution in [0.25, 0.3) is 0 Å². The zero-order valence-electron chi connectivity index (χ0n) is 6.66. The second-order valence-corrected chi connectivity index (χ2v) is 2.23. The van der Waals surface area contributed by atoms with Crippen molar-refractivity contribution in [2.75, 3.05) is 6.61 Å². The van der Waals surface area contributed by atoms with Crippen LogP contribution in [0.3, 0.4) is 0 Å². The summed E-state index contributed by atoms with van der Waals surface area (Å²) in [6.07, 6.45) is 6.76. The number of ether oxygens (including phenoxy) is 1. The van der Waals surface area contributed by atoms with Gasteiger partial charge in [-0.1, -0.05) is 5.92 Å². The highest BCUT2D eigenvalue weighted by atomic mass is 16.5. The standard InChI is InChI=1S/C8H10N2O/c1-4-5-11-8-9-6-7(2)10(8)3/h1,6H,5H2,2-3H3. The summed E-state index contributed by atoms with van der Waals surface area (Å²) in [5, 5.41) is 0. The van der Waals surface area contributed by atoms with Gasteiger partial charge in [-0.3, -0.25) is 0 Å². The van der Waals surface area contributed by atoms with Gasteiger partial charge in [-0.05, 0) is 6.92 Å². The Morgan fingerprint density at radius 1 is 1.82 bits per heavy atom. The summed E-state index contributed by atoms with van der Waals surface area (Å²) in [7, 11) is 1.88. The number of imidazole rings is 1. The first-order chi connectivity index (χ1) is 5.25. The minimum absolute atomic E-state index is 0.268. The van der Waals surface area contributed by atoms with E-state index >= 15 is 0 Å². The van der Waals surface area contributed by atoms with Crippen LogP contribution < -0.4 is 4.74 Å². The van der Waals surface area contributed by atoms with Gasteiger partial charge in [0, 0.05) is 12.7 Å². The quantitative estimate of drug-likeness (QED) is 0.581. The highest BCUT2D eigenvalue weighted by Crippen LogP contribution is 2.08. The third kappa shape index (κ3) is 1.53. The summed E-state index contributed by atoms with van der Waals surface area (Å²) >= 11 is 0. The molecule has 0 unspecified atom stereocenters. The Bertz CT molecular complexity index is 283. The molecule has 0 atom stereocenters. The van der Waals surface area contributed by atoms with E-state index in [0.29, 0.717) is 6.01 Å². The van der Waals surface area contributed by atoms with Crippen LogP contribution in [-0.2, 0) is 7.05 Å². The molecule has 1 aromatic rings. The molecule has 3 nitrogen and oxygen atoms in total. The van der Waals surface area contributed by atoms with Crippen molar-refractivity contribution >= 4 is 0 Å². The van der Waals surface area contributed by atoms with E-state index in [1.807, 2.05) is 18.5 Å². The Morgan fingerprint density at radius 3 is 3.00 bits per heavy atom. The smallest absolute Gasteiger partial charge is 0.297 e. The summed E-state index contributed by atoms with van der Waals surface area (Å²) in [6, 6.07) is 0.570. The van der Waals surface area contributed by atoms with E-state index in [0.717, 1.165) is 5.69 Å². The van der Waals surface area contributed by atoms with Crippen molar-refractivity contribution in [1.29, 1.82) is 0 Å². The van der Waals surface area contributed by atoms with E-state index in [1.165, 1.54) is 0 Å². The third-order valence-electron chi connectivity index (χ3n) is 1.46. The first kappa shape index (κ1) is 7.67. The van der Waals surface area contributed by atoms with E-state index in [1.54, 1.807) is 6.20 Å². The Kier molecular flexibility index (Phi) is 2.17. The molecule has 1 rings (SSSR count). The molecule has 0 aliphatic carbocycles. The average molecular weight is 150 g/mol.